The molecule has 3 heteroatoms. The van der Waals surface area contributed by atoms with E-state index in [1.165, 1.54) is 0 Å². The van der Waals surface area contributed by atoms with Crippen LogP contribution in [0, 0.1) is 0 Å². The van der Waals surface area contributed by atoms with Crippen LogP contribution in [0.4, 0.5) is 0 Å². The van der Waals surface area contributed by atoms with Gasteiger partial charge in [0.05, 0.1) is 6.10 Å². The summed E-state index contributed by atoms with van der Waals surface area (Å²) in [6, 6.07) is 9.98. The molecule has 118 valence electrons. The highest BCUT2D eigenvalue weighted by atomic mass is 28.4. The Kier molecular flexibility index (Phi) is 4.88. The lowest BCUT2D eigenvalue weighted by Crippen LogP contribution is -2.44. The molecule has 0 saturated heterocycles. The third-order valence-electron chi connectivity index (χ3n) is 4.59. The van der Waals surface area contributed by atoms with Crippen molar-refractivity contribution in [3.05, 3.63) is 53.6 Å². The highest BCUT2D eigenvalue weighted by molar-refractivity contribution is 6.74. The van der Waals surface area contributed by atoms with Gasteiger partial charge in [-0.15, -0.1) is 0 Å². The maximum absolute atomic E-state index is 12.1. The number of allylic oxidation sites excluding steroid dienone is 1. The van der Waals surface area contributed by atoms with Crippen molar-refractivity contribution in [3.8, 4) is 0 Å². The van der Waals surface area contributed by atoms with Crippen LogP contribution in [0.3, 0.4) is 0 Å². The van der Waals surface area contributed by atoms with Crippen LogP contribution in [0.25, 0.3) is 6.08 Å². The highest BCUT2D eigenvalue weighted by Gasteiger charge is 2.39. The summed E-state index contributed by atoms with van der Waals surface area (Å²) in [5.74, 6) is 0.0962. The third kappa shape index (κ3) is 4.05. The second-order valence-electron chi connectivity index (χ2n) is 7.42. The van der Waals surface area contributed by atoms with E-state index in [4.69, 9.17) is 4.43 Å². The van der Waals surface area contributed by atoms with E-state index < -0.39 is 8.32 Å². The van der Waals surface area contributed by atoms with E-state index >= 15 is 0 Å². The number of carbonyl (C=O) groups excluding carboxylic acids is 1. The highest BCUT2D eigenvalue weighted by Crippen LogP contribution is 2.38. The Bertz CT molecular complexity index is 592. The molecular formula is C19H26O2Si. The lowest BCUT2D eigenvalue weighted by atomic mass is 9.96. The first-order valence-electron chi connectivity index (χ1n) is 7.85. The van der Waals surface area contributed by atoms with Crippen LogP contribution in [0.15, 0.2) is 48.1 Å². The van der Waals surface area contributed by atoms with Crippen molar-refractivity contribution in [3.63, 3.8) is 0 Å². The van der Waals surface area contributed by atoms with Crippen LogP contribution in [0.1, 0.15) is 32.8 Å². The summed E-state index contributed by atoms with van der Waals surface area (Å²) < 4.78 is 6.42. The number of benzene rings is 1. The fraction of sp³-hybridized carbons (Fsp3) is 0.421. The molecule has 0 spiro atoms. The van der Waals surface area contributed by atoms with E-state index in [1.807, 2.05) is 42.5 Å². The molecule has 1 aromatic rings. The molecule has 1 aromatic carbocycles. The lowest BCUT2D eigenvalue weighted by molar-refractivity contribution is -0.111. The monoisotopic (exact) mass is 314 g/mol. The second kappa shape index (κ2) is 6.35. The molecule has 22 heavy (non-hydrogen) atoms. The molecule has 1 unspecified atom stereocenters. The van der Waals surface area contributed by atoms with Crippen LogP contribution in [0.2, 0.25) is 18.1 Å². The molecule has 0 fully saturated rings. The molecule has 1 aliphatic rings. The van der Waals surface area contributed by atoms with Crippen molar-refractivity contribution in [2.24, 2.45) is 0 Å². The topological polar surface area (TPSA) is 26.3 Å². The van der Waals surface area contributed by atoms with Crippen molar-refractivity contribution < 1.29 is 9.22 Å². The van der Waals surface area contributed by atoms with Gasteiger partial charge in [0.2, 0.25) is 0 Å². The normalized spacial score (nSPS) is 21.4. The minimum absolute atomic E-state index is 0.00792. The summed E-state index contributed by atoms with van der Waals surface area (Å²) in [5.41, 5.74) is 1.89. The van der Waals surface area contributed by atoms with E-state index in [0.29, 0.717) is 6.42 Å². The molecule has 1 aliphatic carbocycles. The van der Waals surface area contributed by atoms with Crippen molar-refractivity contribution in [2.45, 2.75) is 51.4 Å². The molecule has 0 N–H and O–H groups in total. The zero-order valence-electron chi connectivity index (χ0n) is 14.2. The van der Waals surface area contributed by atoms with Gasteiger partial charge < -0.3 is 4.43 Å². The van der Waals surface area contributed by atoms with Gasteiger partial charge in [0.25, 0.3) is 0 Å². The summed E-state index contributed by atoms with van der Waals surface area (Å²) in [4.78, 5) is 12.1. The molecular weight excluding hydrogens is 288 g/mol. The maximum Gasteiger partial charge on any atom is 0.192 e. The molecule has 1 atom stereocenters. The van der Waals surface area contributed by atoms with Gasteiger partial charge >= 0.3 is 0 Å². The summed E-state index contributed by atoms with van der Waals surface area (Å²) in [6.45, 7) is 11.2. The first-order chi connectivity index (χ1) is 10.2. The summed E-state index contributed by atoms with van der Waals surface area (Å²) in [6.07, 6.45) is 6.24. The largest absolute Gasteiger partial charge is 0.410 e. The first kappa shape index (κ1) is 16.9. The quantitative estimate of drug-likeness (QED) is 0.580. The number of hydrogen-bond donors (Lipinski definition) is 0. The zero-order chi connectivity index (χ0) is 16.4. The minimum Gasteiger partial charge on any atom is -0.410 e. The van der Waals surface area contributed by atoms with E-state index in [-0.39, 0.29) is 16.9 Å². The Morgan fingerprint density at radius 1 is 1.18 bits per heavy atom. The molecule has 0 aromatic heterocycles. The zero-order valence-corrected chi connectivity index (χ0v) is 15.2. The van der Waals surface area contributed by atoms with Gasteiger partial charge in [0.1, 0.15) is 0 Å². The molecule has 0 saturated carbocycles. The fourth-order valence-electron chi connectivity index (χ4n) is 2.20. The van der Waals surface area contributed by atoms with Gasteiger partial charge in [-0.1, -0.05) is 57.2 Å². The second-order valence-corrected chi connectivity index (χ2v) is 12.2. The maximum atomic E-state index is 12.1. The van der Waals surface area contributed by atoms with Crippen molar-refractivity contribution in [1.29, 1.82) is 0 Å². The van der Waals surface area contributed by atoms with Gasteiger partial charge in [0, 0.05) is 12.0 Å². The SMILES string of the molecule is CC(C)(C)[Si](C)(C)OC1C=CC(=O)C(=Cc2ccccc2)C1. The Hall–Kier alpha value is -1.45. The Morgan fingerprint density at radius 3 is 2.41 bits per heavy atom. The van der Waals surface area contributed by atoms with Crippen molar-refractivity contribution >= 4 is 20.2 Å². The average Bonchev–Trinajstić information content (AvgIpc) is 2.42. The van der Waals surface area contributed by atoms with E-state index in [1.54, 1.807) is 6.08 Å². The summed E-state index contributed by atoms with van der Waals surface area (Å²) in [5, 5.41) is 0.172. The standard InChI is InChI=1S/C19H26O2Si/c1-19(2,3)22(4,5)21-17-11-12-18(20)16(14-17)13-15-9-7-6-8-10-15/h6-13,17H,14H2,1-5H3. The van der Waals surface area contributed by atoms with Crippen LogP contribution in [0.5, 0.6) is 0 Å². The van der Waals surface area contributed by atoms with Crippen LogP contribution in [-0.4, -0.2) is 20.2 Å². The van der Waals surface area contributed by atoms with E-state index in [0.717, 1.165) is 11.1 Å². The smallest absolute Gasteiger partial charge is 0.192 e. The molecule has 0 heterocycles. The molecule has 0 bridgehead atoms. The average molecular weight is 315 g/mol. The van der Waals surface area contributed by atoms with Gasteiger partial charge in [-0.25, -0.2) is 0 Å². The van der Waals surface area contributed by atoms with Gasteiger partial charge in [0.15, 0.2) is 14.1 Å². The van der Waals surface area contributed by atoms with Crippen molar-refractivity contribution in [2.75, 3.05) is 0 Å². The summed E-state index contributed by atoms with van der Waals surface area (Å²) >= 11 is 0. The Morgan fingerprint density at radius 2 is 1.82 bits per heavy atom. The molecule has 0 aliphatic heterocycles. The number of rotatable bonds is 3. The molecule has 2 rings (SSSR count). The molecule has 0 amide bonds. The van der Waals surface area contributed by atoms with Gasteiger partial charge in [-0.2, -0.15) is 0 Å². The number of ketones is 1. The minimum atomic E-state index is -1.83. The predicted molar refractivity (Wildman–Crippen MR) is 95.3 cm³/mol. The Labute approximate surface area is 135 Å². The van der Waals surface area contributed by atoms with Crippen LogP contribution in [-0.2, 0) is 9.22 Å². The predicted octanol–water partition coefficient (Wildman–Crippen LogP) is 4.99. The molecule has 2 nitrogen and oxygen atoms in total. The number of carbonyl (C=O) groups is 1. The summed E-state index contributed by atoms with van der Waals surface area (Å²) in [7, 11) is -1.83. The first-order valence-corrected chi connectivity index (χ1v) is 10.8. The van der Waals surface area contributed by atoms with E-state index in [2.05, 4.69) is 33.9 Å². The van der Waals surface area contributed by atoms with Gasteiger partial charge in [-0.3, -0.25) is 4.79 Å². The fourth-order valence-corrected chi connectivity index (χ4v) is 3.48. The van der Waals surface area contributed by atoms with Crippen LogP contribution >= 0.6 is 0 Å². The Balaban J connectivity index is 2.17. The van der Waals surface area contributed by atoms with Crippen LogP contribution < -0.4 is 0 Å². The lowest BCUT2D eigenvalue weighted by Gasteiger charge is -2.39. The van der Waals surface area contributed by atoms with Crippen molar-refractivity contribution in [1.82, 2.24) is 0 Å². The number of hydrogen-bond acceptors (Lipinski definition) is 2. The molecule has 0 radical (unpaired) electrons. The third-order valence-corrected chi connectivity index (χ3v) is 9.10. The van der Waals surface area contributed by atoms with Gasteiger partial charge in [-0.05, 0) is 35.8 Å². The van der Waals surface area contributed by atoms with E-state index in [9.17, 15) is 4.79 Å².